The van der Waals surface area contributed by atoms with Crippen LogP contribution in [0, 0.1) is 0 Å². The summed E-state index contributed by atoms with van der Waals surface area (Å²) in [7, 11) is 2.05. The van der Waals surface area contributed by atoms with Crippen molar-refractivity contribution in [1.82, 2.24) is 4.98 Å². The van der Waals surface area contributed by atoms with Crippen LogP contribution in [0.3, 0.4) is 0 Å². The van der Waals surface area contributed by atoms with E-state index in [0.717, 1.165) is 5.69 Å². The molecule has 3 nitrogen and oxygen atoms in total. The minimum Gasteiger partial charge on any atom is -0.396 e. The van der Waals surface area contributed by atoms with Crippen LogP contribution in [0.4, 0.5) is 0 Å². The highest BCUT2D eigenvalue weighted by Gasteiger charge is 2.37. The lowest BCUT2D eigenvalue weighted by Crippen LogP contribution is -2.42. The lowest BCUT2D eigenvalue weighted by molar-refractivity contribution is 0.248. The summed E-state index contributed by atoms with van der Waals surface area (Å²) in [5.41, 5.74) is 1.01. The van der Waals surface area contributed by atoms with Crippen LogP contribution in [-0.2, 0) is 13.9 Å². The summed E-state index contributed by atoms with van der Waals surface area (Å²) in [4.78, 5) is 4.33. The van der Waals surface area contributed by atoms with Crippen LogP contribution in [-0.4, -0.2) is 28.5 Å². The molecule has 0 saturated carbocycles. The average Bonchev–Trinajstić information content (AvgIpc) is 2.20. The summed E-state index contributed by atoms with van der Waals surface area (Å²) in [5, 5.41) is -0.143. The Morgan fingerprint density at radius 1 is 1.21 bits per heavy atom. The van der Waals surface area contributed by atoms with Crippen molar-refractivity contribution in [2.45, 2.75) is 18.9 Å². The van der Waals surface area contributed by atoms with E-state index in [1.54, 1.807) is 20.4 Å². The van der Waals surface area contributed by atoms with Gasteiger partial charge in [0, 0.05) is 26.1 Å². The molecule has 0 amide bonds. The standard InChI is InChI=1S/C10H16NO2Si/c1-10(2,14(12-3)13-4)9-7-5-6-8-11-9/h5-8H,1-4H3. The first kappa shape index (κ1) is 11.4. The summed E-state index contributed by atoms with van der Waals surface area (Å²) in [6, 6.07) is 5.89. The van der Waals surface area contributed by atoms with Gasteiger partial charge in [0.05, 0.1) is 5.04 Å². The van der Waals surface area contributed by atoms with Crippen molar-refractivity contribution in [3.63, 3.8) is 0 Å². The summed E-state index contributed by atoms with van der Waals surface area (Å²) in [6.07, 6.45) is 1.79. The number of pyridine rings is 1. The predicted octanol–water partition coefficient (Wildman–Crippen LogP) is 1.68. The molecule has 77 valence electrons. The van der Waals surface area contributed by atoms with Gasteiger partial charge in [-0.05, 0) is 12.1 Å². The van der Waals surface area contributed by atoms with Crippen molar-refractivity contribution < 1.29 is 8.85 Å². The molecule has 1 heterocycles. The van der Waals surface area contributed by atoms with Gasteiger partial charge in [-0.25, -0.2) is 0 Å². The maximum atomic E-state index is 5.36. The maximum absolute atomic E-state index is 5.36. The third kappa shape index (κ3) is 2.20. The van der Waals surface area contributed by atoms with Crippen molar-refractivity contribution in [2.75, 3.05) is 14.2 Å². The van der Waals surface area contributed by atoms with E-state index in [9.17, 15) is 0 Å². The topological polar surface area (TPSA) is 31.4 Å². The Morgan fingerprint density at radius 3 is 2.29 bits per heavy atom. The van der Waals surface area contributed by atoms with E-state index in [2.05, 4.69) is 18.8 Å². The van der Waals surface area contributed by atoms with Gasteiger partial charge in [-0.15, -0.1) is 0 Å². The molecule has 1 aromatic rings. The molecule has 0 fully saturated rings. The number of nitrogens with zero attached hydrogens (tertiary/aromatic N) is 1. The first-order valence-corrected chi connectivity index (χ1v) is 5.81. The molecule has 0 spiro atoms. The Kier molecular flexibility index (Phi) is 3.80. The molecule has 1 rings (SSSR count). The second-order valence-electron chi connectivity index (χ2n) is 3.54. The van der Waals surface area contributed by atoms with Crippen molar-refractivity contribution in [3.05, 3.63) is 30.1 Å². The molecule has 1 aromatic heterocycles. The van der Waals surface area contributed by atoms with Crippen LogP contribution in [0.2, 0.25) is 0 Å². The molecule has 0 aliphatic heterocycles. The fourth-order valence-corrected chi connectivity index (χ4v) is 2.97. The van der Waals surface area contributed by atoms with Crippen LogP contribution >= 0.6 is 0 Å². The third-order valence-electron chi connectivity index (χ3n) is 2.19. The van der Waals surface area contributed by atoms with E-state index in [1.165, 1.54) is 0 Å². The highest BCUT2D eigenvalue weighted by atomic mass is 28.3. The quantitative estimate of drug-likeness (QED) is 0.709. The Labute approximate surface area is 86.9 Å². The van der Waals surface area contributed by atoms with Gasteiger partial charge in [0.15, 0.2) is 0 Å². The van der Waals surface area contributed by atoms with Crippen LogP contribution in [0.5, 0.6) is 0 Å². The Morgan fingerprint density at radius 2 is 1.86 bits per heavy atom. The highest BCUT2D eigenvalue weighted by Crippen LogP contribution is 2.24. The van der Waals surface area contributed by atoms with Crippen molar-refractivity contribution in [2.24, 2.45) is 0 Å². The van der Waals surface area contributed by atoms with Gasteiger partial charge in [0.2, 0.25) is 0 Å². The smallest absolute Gasteiger partial charge is 0.396 e. The van der Waals surface area contributed by atoms with Crippen LogP contribution in [0.25, 0.3) is 0 Å². The first-order valence-electron chi connectivity index (χ1n) is 4.50. The molecule has 0 bridgehead atoms. The van der Waals surface area contributed by atoms with E-state index in [1.807, 2.05) is 18.2 Å². The van der Waals surface area contributed by atoms with Crippen molar-refractivity contribution in [3.8, 4) is 0 Å². The van der Waals surface area contributed by atoms with Crippen molar-refractivity contribution >= 4 is 9.28 Å². The van der Waals surface area contributed by atoms with Gasteiger partial charge in [0.1, 0.15) is 0 Å². The minimum absolute atomic E-state index is 0.143. The zero-order chi connectivity index (χ0) is 10.6. The zero-order valence-corrected chi connectivity index (χ0v) is 10.1. The summed E-state index contributed by atoms with van der Waals surface area (Å²) >= 11 is 0. The van der Waals surface area contributed by atoms with Gasteiger partial charge in [-0.1, -0.05) is 19.9 Å². The first-order chi connectivity index (χ1) is 6.62. The second-order valence-corrected chi connectivity index (χ2v) is 6.18. The fraction of sp³-hybridized carbons (Fsp3) is 0.500. The van der Waals surface area contributed by atoms with Crippen LogP contribution < -0.4 is 0 Å². The maximum Gasteiger partial charge on any atom is 0.396 e. The SMILES string of the molecule is CO[Si](OC)C(C)(C)c1ccccn1. The van der Waals surface area contributed by atoms with Gasteiger partial charge < -0.3 is 8.85 Å². The summed E-state index contributed by atoms with van der Waals surface area (Å²) in [5.74, 6) is 0. The minimum atomic E-state index is -1.31. The van der Waals surface area contributed by atoms with E-state index < -0.39 is 9.28 Å². The molecule has 14 heavy (non-hydrogen) atoms. The lowest BCUT2D eigenvalue weighted by atomic mass is 10.1. The normalized spacial score (nSPS) is 12.1. The largest absolute Gasteiger partial charge is 0.396 e. The van der Waals surface area contributed by atoms with Gasteiger partial charge in [-0.3, -0.25) is 4.98 Å². The molecular weight excluding hydrogens is 194 g/mol. The third-order valence-corrected chi connectivity index (χ3v) is 4.20. The molecule has 0 aliphatic carbocycles. The lowest BCUT2D eigenvalue weighted by Gasteiger charge is -2.27. The van der Waals surface area contributed by atoms with Gasteiger partial charge in [-0.2, -0.15) is 0 Å². The average molecular weight is 210 g/mol. The van der Waals surface area contributed by atoms with Crippen LogP contribution in [0.1, 0.15) is 19.5 Å². The molecule has 0 aliphatic rings. The molecule has 0 saturated heterocycles. The van der Waals surface area contributed by atoms with E-state index in [4.69, 9.17) is 8.85 Å². The molecule has 1 radical (unpaired) electrons. The molecule has 0 atom stereocenters. The molecular formula is C10H16NO2Si. The van der Waals surface area contributed by atoms with Gasteiger partial charge in [0.25, 0.3) is 0 Å². The Balaban J connectivity index is 2.94. The highest BCUT2D eigenvalue weighted by molar-refractivity contribution is 6.48. The molecule has 0 unspecified atom stereocenters. The Hall–Kier alpha value is -0.713. The van der Waals surface area contributed by atoms with E-state index in [-0.39, 0.29) is 5.04 Å². The van der Waals surface area contributed by atoms with E-state index >= 15 is 0 Å². The van der Waals surface area contributed by atoms with Crippen molar-refractivity contribution in [1.29, 1.82) is 0 Å². The Bertz CT molecular complexity index is 273. The monoisotopic (exact) mass is 210 g/mol. The number of aromatic nitrogens is 1. The molecule has 4 heteroatoms. The fourth-order valence-electron chi connectivity index (χ4n) is 1.43. The number of hydrogen-bond donors (Lipinski definition) is 0. The van der Waals surface area contributed by atoms with Crippen LogP contribution in [0.15, 0.2) is 24.4 Å². The van der Waals surface area contributed by atoms with E-state index in [0.29, 0.717) is 0 Å². The number of hydrogen-bond acceptors (Lipinski definition) is 3. The summed E-state index contributed by atoms with van der Waals surface area (Å²) < 4.78 is 10.7. The summed E-state index contributed by atoms with van der Waals surface area (Å²) in [6.45, 7) is 4.19. The number of rotatable bonds is 4. The zero-order valence-electron chi connectivity index (χ0n) is 9.07. The van der Waals surface area contributed by atoms with Gasteiger partial charge >= 0.3 is 9.28 Å². The predicted molar refractivity (Wildman–Crippen MR) is 57.0 cm³/mol. The second kappa shape index (κ2) is 4.68. The molecule has 0 aromatic carbocycles. The molecule has 0 N–H and O–H groups in total.